The van der Waals surface area contributed by atoms with E-state index in [2.05, 4.69) is 16.8 Å². The van der Waals surface area contributed by atoms with E-state index in [4.69, 9.17) is 5.11 Å². The number of rotatable bonds is 6. The average molecular weight is 260 g/mol. The van der Waals surface area contributed by atoms with Gasteiger partial charge in [-0.05, 0) is 24.8 Å². The third kappa shape index (κ3) is 3.03. The number of aromatic nitrogens is 1. The molecule has 19 heavy (non-hydrogen) atoms. The Kier molecular flexibility index (Phi) is 4.71. The molecule has 0 aliphatic carbocycles. The van der Waals surface area contributed by atoms with E-state index in [9.17, 15) is 5.11 Å². The maximum absolute atomic E-state index is 9.33. The van der Waals surface area contributed by atoms with Crippen LogP contribution >= 0.6 is 0 Å². The summed E-state index contributed by atoms with van der Waals surface area (Å²) in [7, 11) is 0. The summed E-state index contributed by atoms with van der Waals surface area (Å²) in [6.07, 6.45) is 0.715. The Bertz CT molecular complexity index is 543. The van der Waals surface area contributed by atoms with Crippen molar-refractivity contribution in [2.45, 2.75) is 20.0 Å². The lowest BCUT2D eigenvalue weighted by Crippen LogP contribution is -2.26. The molecule has 0 amide bonds. The molecule has 2 rings (SSSR count). The zero-order valence-corrected chi connectivity index (χ0v) is 11.2. The molecule has 0 radical (unpaired) electrons. The molecule has 0 unspecified atom stereocenters. The molecule has 2 N–H and O–H groups in total. The van der Waals surface area contributed by atoms with E-state index in [1.54, 1.807) is 0 Å². The minimum Gasteiger partial charge on any atom is -0.396 e. The van der Waals surface area contributed by atoms with Crippen molar-refractivity contribution in [3.63, 3.8) is 0 Å². The Morgan fingerprint density at radius 3 is 2.68 bits per heavy atom. The lowest BCUT2D eigenvalue weighted by atomic mass is 10.1. The summed E-state index contributed by atoms with van der Waals surface area (Å²) in [5.74, 6) is 0.887. The molecule has 0 aliphatic rings. The molecule has 4 nitrogen and oxygen atoms in total. The summed E-state index contributed by atoms with van der Waals surface area (Å²) in [4.78, 5) is 6.67. The van der Waals surface area contributed by atoms with Gasteiger partial charge in [0.25, 0.3) is 0 Å². The van der Waals surface area contributed by atoms with Gasteiger partial charge in [0.1, 0.15) is 5.82 Å². The van der Waals surface area contributed by atoms with Crippen molar-refractivity contribution in [2.75, 3.05) is 24.6 Å². The molecule has 0 bridgehead atoms. The maximum atomic E-state index is 9.33. The van der Waals surface area contributed by atoms with Crippen molar-refractivity contribution in [1.29, 1.82) is 0 Å². The fraction of sp³-hybridized carbons (Fsp3) is 0.400. The van der Waals surface area contributed by atoms with Gasteiger partial charge in [-0.2, -0.15) is 0 Å². The van der Waals surface area contributed by atoms with Crippen molar-refractivity contribution in [1.82, 2.24) is 4.98 Å². The monoisotopic (exact) mass is 260 g/mol. The number of fused-ring (bicyclic) bond motifs is 1. The minimum atomic E-state index is -0.0601. The van der Waals surface area contributed by atoms with Crippen molar-refractivity contribution in [3.05, 3.63) is 36.0 Å². The number of hydrogen-bond acceptors (Lipinski definition) is 4. The van der Waals surface area contributed by atoms with E-state index in [1.807, 2.05) is 30.3 Å². The van der Waals surface area contributed by atoms with Gasteiger partial charge in [0.05, 0.1) is 12.3 Å². The summed E-state index contributed by atoms with van der Waals surface area (Å²) in [6.45, 7) is 3.77. The van der Waals surface area contributed by atoms with E-state index in [1.165, 1.54) is 0 Å². The van der Waals surface area contributed by atoms with Crippen LogP contribution in [0.2, 0.25) is 0 Å². The highest BCUT2D eigenvalue weighted by molar-refractivity contribution is 5.92. The van der Waals surface area contributed by atoms with Crippen LogP contribution in [0.25, 0.3) is 10.8 Å². The van der Waals surface area contributed by atoms with Crippen LogP contribution in [0.15, 0.2) is 30.3 Å². The standard InChI is InChI=1S/C15H20N2O2/c1-2-17(8-5-9-18)15-14-7-4-3-6-12(14)10-13(11-19)16-15/h3-4,6-7,10,18-19H,2,5,8-9,11H2,1H3. The lowest BCUT2D eigenvalue weighted by Gasteiger charge is -2.23. The molecule has 0 aliphatic heterocycles. The van der Waals surface area contributed by atoms with Crippen LogP contribution in [-0.4, -0.2) is 34.9 Å². The summed E-state index contributed by atoms with van der Waals surface area (Å²) in [6, 6.07) is 9.96. The smallest absolute Gasteiger partial charge is 0.136 e. The van der Waals surface area contributed by atoms with Crippen molar-refractivity contribution in [2.24, 2.45) is 0 Å². The molecule has 102 valence electrons. The number of aliphatic hydroxyl groups excluding tert-OH is 2. The second kappa shape index (κ2) is 6.50. The molecule has 1 aromatic carbocycles. The predicted molar refractivity (Wildman–Crippen MR) is 77.3 cm³/mol. The Labute approximate surface area is 113 Å². The Balaban J connectivity index is 2.49. The molecule has 1 aromatic heterocycles. The topological polar surface area (TPSA) is 56.6 Å². The van der Waals surface area contributed by atoms with Gasteiger partial charge in [0, 0.05) is 25.1 Å². The molecule has 0 spiro atoms. The predicted octanol–water partition coefficient (Wildman–Crippen LogP) is 1.94. The Hall–Kier alpha value is -1.65. The number of aliphatic hydroxyl groups is 2. The number of benzene rings is 1. The first-order valence-electron chi connectivity index (χ1n) is 6.65. The third-order valence-electron chi connectivity index (χ3n) is 3.20. The second-order valence-electron chi connectivity index (χ2n) is 4.47. The minimum absolute atomic E-state index is 0.0601. The average Bonchev–Trinajstić information content (AvgIpc) is 2.47. The normalized spacial score (nSPS) is 10.9. The first kappa shape index (κ1) is 13.8. The summed E-state index contributed by atoms with van der Waals surface area (Å²) in [5.41, 5.74) is 0.677. The van der Waals surface area contributed by atoms with E-state index in [0.717, 1.165) is 29.7 Å². The van der Waals surface area contributed by atoms with E-state index >= 15 is 0 Å². The third-order valence-corrected chi connectivity index (χ3v) is 3.20. The number of anilines is 1. The van der Waals surface area contributed by atoms with Crippen LogP contribution in [0.3, 0.4) is 0 Å². The summed E-state index contributed by atoms with van der Waals surface area (Å²) in [5, 5.41) is 20.5. The summed E-state index contributed by atoms with van der Waals surface area (Å²) < 4.78 is 0. The first-order valence-corrected chi connectivity index (χ1v) is 6.65. The molecular formula is C15H20N2O2. The first-order chi connectivity index (χ1) is 9.30. The largest absolute Gasteiger partial charge is 0.396 e. The second-order valence-corrected chi connectivity index (χ2v) is 4.47. The Morgan fingerprint density at radius 1 is 1.21 bits per heavy atom. The maximum Gasteiger partial charge on any atom is 0.136 e. The van der Waals surface area contributed by atoms with Gasteiger partial charge in [0.2, 0.25) is 0 Å². The molecule has 0 atom stereocenters. The number of hydrogen-bond donors (Lipinski definition) is 2. The van der Waals surface area contributed by atoms with Gasteiger partial charge in [0.15, 0.2) is 0 Å². The molecule has 4 heteroatoms. The van der Waals surface area contributed by atoms with Crippen molar-refractivity contribution in [3.8, 4) is 0 Å². The fourth-order valence-electron chi connectivity index (χ4n) is 2.23. The zero-order chi connectivity index (χ0) is 13.7. The van der Waals surface area contributed by atoms with Crippen molar-refractivity contribution < 1.29 is 10.2 Å². The lowest BCUT2D eigenvalue weighted by molar-refractivity contribution is 0.277. The highest BCUT2D eigenvalue weighted by Gasteiger charge is 2.11. The quantitative estimate of drug-likeness (QED) is 0.833. The van der Waals surface area contributed by atoms with Crippen LogP contribution in [0, 0.1) is 0 Å². The van der Waals surface area contributed by atoms with Crippen LogP contribution in [-0.2, 0) is 6.61 Å². The summed E-state index contributed by atoms with van der Waals surface area (Å²) >= 11 is 0. The molecule has 0 saturated carbocycles. The van der Waals surface area contributed by atoms with E-state index in [0.29, 0.717) is 12.1 Å². The van der Waals surface area contributed by atoms with Crippen LogP contribution < -0.4 is 4.90 Å². The fourth-order valence-corrected chi connectivity index (χ4v) is 2.23. The molecule has 0 saturated heterocycles. The SMILES string of the molecule is CCN(CCCO)c1nc(CO)cc2ccccc12. The highest BCUT2D eigenvalue weighted by atomic mass is 16.3. The Morgan fingerprint density at radius 2 is 2.00 bits per heavy atom. The van der Waals surface area contributed by atoms with Gasteiger partial charge in [-0.3, -0.25) is 0 Å². The van der Waals surface area contributed by atoms with Crippen molar-refractivity contribution >= 4 is 16.6 Å². The van der Waals surface area contributed by atoms with Crippen LogP contribution in [0.5, 0.6) is 0 Å². The van der Waals surface area contributed by atoms with Gasteiger partial charge < -0.3 is 15.1 Å². The van der Waals surface area contributed by atoms with Gasteiger partial charge in [-0.25, -0.2) is 4.98 Å². The van der Waals surface area contributed by atoms with E-state index < -0.39 is 0 Å². The molecule has 2 aromatic rings. The number of pyridine rings is 1. The van der Waals surface area contributed by atoms with Gasteiger partial charge >= 0.3 is 0 Å². The van der Waals surface area contributed by atoms with Gasteiger partial charge in [-0.15, -0.1) is 0 Å². The zero-order valence-electron chi connectivity index (χ0n) is 11.2. The number of nitrogens with zero attached hydrogens (tertiary/aromatic N) is 2. The van der Waals surface area contributed by atoms with Gasteiger partial charge in [-0.1, -0.05) is 24.3 Å². The highest BCUT2D eigenvalue weighted by Crippen LogP contribution is 2.25. The molecular weight excluding hydrogens is 240 g/mol. The van der Waals surface area contributed by atoms with Crippen LogP contribution in [0.1, 0.15) is 19.0 Å². The molecule has 1 heterocycles. The molecule has 0 fully saturated rings. The van der Waals surface area contributed by atoms with E-state index in [-0.39, 0.29) is 13.2 Å². The van der Waals surface area contributed by atoms with Crippen LogP contribution in [0.4, 0.5) is 5.82 Å².